The quantitative estimate of drug-likeness (QED) is 0.734. The zero-order valence-electron chi connectivity index (χ0n) is 13.9. The molecule has 3 heterocycles. The highest BCUT2D eigenvalue weighted by atomic mass is 16.5. The molecule has 1 aliphatic heterocycles. The van der Waals surface area contributed by atoms with Gasteiger partial charge in [-0.1, -0.05) is 29.4 Å². The highest BCUT2D eigenvalue weighted by molar-refractivity contribution is 5.81. The third-order valence-electron chi connectivity index (χ3n) is 4.50. The van der Waals surface area contributed by atoms with Crippen LogP contribution in [0.2, 0.25) is 0 Å². The van der Waals surface area contributed by atoms with E-state index in [1.54, 1.807) is 0 Å². The maximum Gasteiger partial charge on any atom is 0.240 e. The predicted molar refractivity (Wildman–Crippen MR) is 91.3 cm³/mol. The van der Waals surface area contributed by atoms with Crippen LogP contribution in [0.5, 0.6) is 0 Å². The van der Waals surface area contributed by atoms with E-state index in [1.165, 1.54) is 10.9 Å². The van der Waals surface area contributed by atoms with Crippen molar-refractivity contribution in [3.05, 3.63) is 53.8 Å². The van der Waals surface area contributed by atoms with Crippen LogP contribution in [0.4, 0.5) is 0 Å². The van der Waals surface area contributed by atoms with Gasteiger partial charge < -0.3 is 4.52 Å². The van der Waals surface area contributed by atoms with Gasteiger partial charge in [0.2, 0.25) is 5.89 Å². The Morgan fingerprint density at radius 1 is 1.00 bits per heavy atom. The first-order valence-electron chi connectivity index (χ1n) is 8.34. The minimum Gasteiger partial charge on any atom is -0.338 e. The standard InChI is InChI=1S/C18H21N5O/c1-14-20-17(24-21-14)13-23-10-8-22(9-11-23)12-16-5-2-4-15-6-3-7-19-18(15)16/h2-7H,8-13H2,1H3. The van der Waals surface area contributed by atoms with E-state index in [2.05, 4.69) is 49.2 Å². The van der Waals surface area contributed by atoms with Crippen LogP contribution in [-0.2, 0) is 13.1 Å². The first kappa shape index (κ1) is 15.2. The van der Waals surface area contributed by atoms with Gasteiger partial charge in [0, 0.05) is 44.3 Å². The summed E-state index contributed by atoms with van der Waals surface area (Å²) in [5, 5.41) is 5.06. The van der Waals surface area contributed by atoms with E-state index >= 15 is 0 Å². The maximum atomic E-state index is 5.21. The summed E-state index contributed by atoms with van der Waals surface area (Å²) < 4.78 is 5.21. The average Bonchev–Trinajstić information content (AvgIpc) is 3.02. The molecule has 1 aliphatic rings. The smallest absolute Gasteiger partial charge is 0.240 e. The molecule has 0 amide bonds. The number of pyridine rings is 1. The van der Waals surface area contributed by atoms with Gasteiger partial charge in [-0.3, -0.25) is 14.8 Å². The molecule has 6 nitrogen and oxygen atoms in total. The summed E-state index contributed by atoms with van der Waals surface area (Å²) >= 11 is 0. The third-order valence-corrected chi connectivity index (χ3v) is 4.50. The molecule has 0 bridgehead atoms. The topological polar surface area (TPSA) is 58.3 Å². The van der Waals surface area contributed by atoms with Crippen LogP contribution in [0.15, 0.2) is 41.1 Å². The Morgan fingerprint density at radius 3 is 2.50 bits per heavy atom. The van der Waals surface area contributed by atoms with Crippen molar-refractivity contribution in [2.24, 2.45) is 0 Å². The minimum absolute atomic E-state index is 0.701. The second-order valence-electron chi connectivity index (χ2n) is 6.28. The highest BCUT2D eigenvalue weighted by Gasteiger charge is 2.19. The van der Waals surface area contributed by atoms with Gasteiger partial charge in [-0.05, 0) is 18.6 Å². The Morgan fingerprint density at radius 2 is 1.75 bits per heavy atom. The Kier molecular flexibility index (Phi) is 4.23. The molecule has 1 fully saturated rings. The van der Waals surface area contributed by atoms with Crippen LogP contribution >= 0.6 is 0 Å². The lowest BCUT2D eigenvalue weighted by molar-refractivity contribution is 0.112. The summed E-state index contributed by atoms with van der Waals surface area (Å²) in [6.07, 6.45) is 1.87. The fourth-order valence-corrected chi connectivity index (χ4v) is 3.24. The van der Waals surface area contributed by atoms with E-state index < -0.39 is 0 Å². The number of benzene rings is 1. The van der Waals surface area contributed by atoms with Gasteiger partial charge in [0.05, 0.1) is 12.1 Å². The van der Waals surface area contributed by atoms with E-state index in [4.69, 9.17) is 4.52 Å². The predicted octanol–water partition coefficient (Wildman–Crippen LogP) is 2.24. The Bertz CT molecular complexity index is 818. The molecular formula is C18H21N5O. The SMILES string of the molecule is Cc1noc(CN2CCN(Cc3cccc4cccnc34)CC2)n1. The van der Waals surface area contributed by atoms with Crippen molar-refractivity contribution in [2.45, 2.75) is 20.0 Å². The van der Waals surface area contributed by atoms with Gasteiger partial charge in [0.25, 0.3) is 0 Å². The lowest BCUT2D eigenvalue weighted by atomic mass is 10.1. The fraction of sp³-hybridized carbons (Fsp3) is 0.389. The van der Waals surface area contributed by atoms with Crippen LogP contribution in [0, 0.1) is 6.92 Å². The fourth-order valence-electron chi connectivity index (χ4n) is 3.24. The number of piperazine rings is 1. The van der Waals surface area contributed by atoms with E-state index in [0.29, 0.717) is 11.7 Å². The molecule has 0 atom stereocenters. The molecule has 2 aromatic heterocycles. The zero-order chi connectivity index (χ0) is 16.4. The molecule has 24 heavy (non-hydrogen) atoms. The summed E-state index contributed by atoms with van der Waals surface area (Å²) in [5.74, 6) is 1.41. The first-order chi connectivity index (χ1) is 11.8. The second kappa shape index (κ2) is 6.67. The van der Waals surface area contributed by atoms with Crippen molar-refractivity contribution in [3.8, 4) is 0 Å². The van der Waals surface area contributed by atoms with Gasteiger partial charge in [-0.2, -0.15) is 4.98 Å². The maximum absolute atomic E-state index is 5.21. The monoisotopic (exact) mass is 323 g/mol. The van der Waals surface area contributed by atoms with Crippen molar-refractivity contribution in [1.29, 1.82) is 0 Å². The zero-order valence-corrected chi connectivity index (χ0v) is 13.9. The highest BCUT2D eigenvalue weighted by Crippen LogP contribution is 2.18. The van der Waals surface area contributed by atoms with Crippen molar-refractivity contribution in [1.82, 2.24) is 24.9 Å². The molecule has 6 heteroatoms. The molecular weight excluding hydrogens is 302 g/mol. The lowest BCUT2D eigenvalue weighted by Gasteiger charge is -2.34. The number of fused-ring (bicyclic) bond motifs is 1. The number of rotatable bonds is 4. The van der Waals surface area contributed by atoms with Gasteiger partial charge in [0.15, 0.2) is 5.82 Å². The summed E-state index contributed by atoms with van der Waals surface area (Å²) in [4.78, 5) is 13.7. The number of hydrogen-bond acceptors (Lipinski definition) is 6. The number of nitrogens with zero attached hydrogens (tertiary/aromatic N) is 5. The summed E-state index contributed by atoms with van der Waals surface area (Å²) in [7, 11) is 0. The van der Waals surface area contributed by atoms with Crippen molar-refractivity contribution in [2.75, 3.05) is 26.2 Å². The van der Waals surface area contributed by atoms with E-state index in [9.17, 15) is 0 Å². The number of aryl methyl sites for hydroxylation is 1. The molecule has 0 spiro atoms. The molecule has 1 aromatic carbocycles. The van der Waals surface area contributed by atoms with Gasteiger partial charge in [0.1, 0.15) is 0 Å². The number of hydrogen-bond donors (Lipinski definition) is 0. The Hall–Kier alpha value is -2.31. The molecule has 0 unspecified atom stereocenters. The minimum atomic E-state index is 0.701. The van der Waals surface area contributed by atoms with Gasteiger partial charge in [-0.25, -0.2) is 0 Å². The molecule has 4 rings (SSSR count). The average molecular weight is 323 g/mol. The van der Waals surface area contributed by atoms with Crippen molar-refractivity contribution < 1.29 is 4.52 Å². The molecule has 0 aliphatic carbocycles. The van der Waals surface area contributed by atoms with Crippen LogP contribution in [-0.4, -0.2) is 51.1 Å². The molecule has 0 saturated carbocycles. The number of aromatic nitrogens is 3. The van der Waals surface area contributed by atoms with Crippen molar-refractivity contribution >= 4 is 10.9 Å². The molecule has 0 N–H and O–H groups in total. The van der Waals surface area contributed by atoms with E-state index in [1.807, 2.05) is 19.2 Å². The van der Waals surface area contributed by atoms with Crippen LogP contribution < -0.4 is 0 Å². The van der Waals surface area contributed by atoms with E-state index in [-0.39, 0.29) is 0 Å². The van der Waals surface area contributed by atoms with E-state index in [0.717, 1.165) is 44.8 Å². The Balaban J connectivity index is 1.37. The van der Waals surface area contributed by atoms with Gasteiger partial charge in [-0.15, -0.1) is 0 Å². The molecule has 0 radical (unpaired) electrons. The lowest BCUT2D eigenvalue weighted by Crippen LogP contribution is -2.45. The Labute approximate surface area is 141 Å². The van der Waals surface area contributed by atoms with Gasteiger partial charge >= 0.3 is 0 Å². The van der Waals surface area contributed by atoms with Crippen LogP contribution in [0.3, 0.4) is 0 Å². The summed E-state index contributed by atoms with van der Waals surface area (Å²) in [6.45, 7) is 7.64. The van der Waals surface area contributed by atoms with Crippen LogP contribution in [0.1, 0.15) is 17.3 Å². The number of para-hydroxylation sites is 1. The second-order valence-corrected chi connectivity index (χ2v) is 6.28. The van der Waals surface area contributed by atoms with Crippen molar-refractivity contribution in [3.63, 3.8) is 0 Å². The molecule has 3 aromatic rings. The molecule has 124 valence electrons. The first-order valence-corrected chi connectivity index (χ1v) is 8.34. The third kappa shape index (κ3) is 3.29. The normalized spacial score (nSPS) is 16.7. The van der Waals surface area contributed by atoms with Crippen LogP contribution in [0.25, 0.3) is 10.9 Å². The summed E-state index contributed by atoms with van der Waals surface area (Å²) in [5.41, 5.74) is 2.41. The largest absolute Gasteiger partial charge is 0.338 e. The summed E-state index contributed by atoms with van der Waals surface area (Å²) in [6, 6.07) is 10.5. The molecule has 1 saturated heterocycles.